The first-order valence-electron chi connectivity index (χ1n) is 7.33. The molecule has 2 atom stereocenters. The Hall–Kier alpha value is -2.68. The van der Waals surface area contributed by atoms with Gasteiger partial charge in [0.2, 0.25) is 0 Å². The van der Waals surface area contributed by atoms with Gasteiger partial charge in [0.05, 0.1) is 17.3 Å². The predicted octanol–water partition coefficient (Wildman–Crippen LogP) is 4.16. The van der Waals surface area contributed by atoms with Crippen LogP contribution in [0.3, 0.4) is 0 Å². The number of carbonyl (C=O) groups excluding carboxylic acids is 1. The van der Waals surface area contributed by atoms with Crippen LogP contribution in [0.4, 0.5) is 13.2 Å². The average Bonchev–Trinajstić information content (AvgIpc) is 2.56. The van der Waals surface area contributed by atoms with Crippen molar-refractivity contribution in [3.05, 3.63) is 65.5 Å². The van der Waals surface area contributed by atoms with Crippen LogP contribution in [0.1, 0.15) is 29.7 Å². The molecule has 0 aliphatic rings. The average molecular weight is 332 g/mol. The number of rotatable bonds is 5. The standard InChI is InChI=1S/C18H15F3N2O/c1-12(10-13-5-7-14(8-6-13)18(19,20)21)17(24)15(11-22)16-4-2-3-9-23-16/h2-9,12,15H,10H2,1H3/t12-,15+/m1/s1. The van der Waals surface area contributed by atoms with Crippen molar-refractivity contribution in [2.75, 3.05) is 0 Å². The molecule has 0 amide bonds. The Bertz CT molecular complexity index is 734. The molecule has 0 bridgehead atoms. The highest BCUT2D eigenvalue weighted by Crippen LogP contribution is 2.29. The van der Waals surface area contributed by atoms with Gasteiger partial charge in [-0.1, -0.05) is 25.1 Å². The summed E-state index contributed by atoms with van der Waals surface area (Å²) >= 11 is 0. The predicted molar refractivity (Wildman–Crippen MR) is 81.9 cm³/mol. The van der Waals surface area contributed by atoms with E-state index in [2.05, 4.69) is 4.98 Å². The van der Waals surface area contributed by atoms with Crippen LogP contribution in [-0.4, -0.2) is 10.8 Å². The molecule has 0 fully saturated rings. The Kier molecular flexibility index (Phi) is 5.35. The molecule has 3 nitrogen and oxygen atoms in total. The molecule has 0 saturated heterocycles. The minimum Gasteiger partial charge on any atom is -0.297 e. The van der Waals surface area contributed by atoms with E-state index in [0.717, 1.165) is 12.1 Å². The molecule has 0 N–H and O–H groups in total. The van der Waals surface area contributed by atoms with Gasteiger partial charge in [-0.05, 0) is 36.2 Å². The van der Waals surface area contributed by atoms with E-state index < -0.39 is 23.6 Å². The zero-order valence-electron chi connectivity index (χ0n) is 12.9. The van der Waals surface area contributed by atoms with E-state index in [0.29, 0.717) is 11.3 Å². The molecule has 1 aromatic heterocycles. The number of ketones is 1. The molecule has 0 radical (unpaired) electrons. The number of nitrogens with zero attached hydrogens (tertiary/aromatic N) is 2. The first-order chi connectivity index (χ1) is 11.3. The third-order valence-electron chi connectivity index (χ3n) is 3.71. The Morgan fingerprint density at radius 1 is 1.21 bits per heavy atom. The summed E-state index contributed by atoms with van der Waals surface area (Å²) in [5.74, 6) is -1.78. The molecular formula is C18H15F3N2O. The van der Waals surface area contributed by atoms with Gasteiger partial charge in [0.1, 0.15) is 5.92 Å². The minimum atomic E-state index is -4.38. The Labute approximate surface area is 137 Å². The number of pyridine rings is 1. The lowest BCUT2D eigenvalue weighted by atomic mass is 9.88. The second-order valence-corrected chi connectivity index (χ2v) is 5.52. The van der Waals surface area contributed by atoms with Crippen molar-refractivity contribution in [1.29, 1.82) is 5.26 Å². The topological polar surface area (TPSA) is 53.8 Å². The molecule has 0 aliphatic carbocycles. The summed E-state index contributed by atoms with van der Waals surface area (Å²) in [4.78, 5) is 16.5. The molecular weight excluding hydrogens is 317 g/mol. The van der Waals surface area contributed by atoms with Crippen LogP contribution in [0.2, 0.25) is 0 Å². The van der Waals surface area contributed by atoms with Gasteiger partial charge in [-0.3, -0.25) is 9.78 Å². The molecule has 1 aromatic carbocycles. The van der Waals surface area contributed by atoms with Crippen molar-refractivity contribution in [1.82, 2.24) is 4.98 Å². The molecule has 1 heterocycles. The van der Waals surface area contributed by atoms with Crippen molar-refractivity contribution in [2.45, 2.75) is 25.4 Å². The number of hydrogen-bond acceptors (Lipinski definition) is 3. The highest BCUT2D eigenvalue weighted by molar-refractivity contribution is 5.89. The van der Waals surface area contributed by atoms with Crippen molar-refractivity contribution in [2.24, 2.45) is 5.92 Å². The maximum absolute atomic E-state index is 12.6. The van der Waals surface area contributed by atoms with E-state index in [1.165, 1.54) is 18.3 Å². The smallest absolute Gasteiger partial charge is 0.297 e. The normalized spacial score (nSPS) is 13.8. The Balaban J connectivity index is 2.10. The number of aromatic nitrogens is 1. The Morgan fingerprint density at radius 2 is 1.88 bits per heavy atom. The molecule has 0 unspecified atom stereocenters. The fourth-order valence-corrected chi connectivity index (χ4v) is 2.39. The molecule has 0 saturated carbocycles. The van der Waals surface area contributed by atoms with Crippen molar-refractivity contribution in [3.8, 4) is 6.07 Å². The third kappa shape index (κ3) is 4.19. The maximum atomic E-state index is 12.6. The summed E-state index contributed by atoms with van der Waals surface area (Å²) in [5, 5.41) is 9.25. The van der Waals surface area contributed by atoms with E-state index >= 15 is 0 Å². The summed E-state index contributed by atoms with van der Waals surface area (Å²) in [6, 6.07) is 11.6. The van der Waals surface area contributed by atoms with E-state index in [1.807, 2.05) is 6.07 Å². The Morgan fingerprint density at radius 3 is 2.38 bits per heavy atom. The largest absolute Gasteiger partial charge is 0.416 e. The molecule has 0 aliphatic heterocycles. The van der Waals surface area contributed by atoms with Gasteiger partial charge in [-0.15, -0.1) is 0 Å². The van der Waals surface area contributed by atoms with Gasteiger partial charge in [0.25, 0.3) is 0 Å². The second kappa shape index (κ2) is 7.26. The van der Waals surface area contributed by atoms with Gasteiger partial charge in [0.15, 0.2) is 5.78 Å². The third-order valence-corrected chi connectivity index (χ3v) is 3.71. The first-order valence-corrected chi connectivity index (χ1v) is 7.33. The number of halogens is 3. The molecule has 124 valence electrons. The van der Waals surface area contributed by atoms with Gasteiger partial charge in [-0.25, -0.2) is 0 Å². The molecule has 24 heavy (non-hydrogen) atoms. The number of alkyl halides is 3. The molecule has 2 aromatic rings. The summed E-state index contributed by atoms with van der Waals surface area (Å²) in [7, 11) is 0. The van der Waals surface area contributed by atoms with Crippen LogP contribution < -0.4 is 0 Å². The quantitative estimate of drug-likeness (QED) is 0.826. The minimum absolute atomic E-state index is 0.266. The zero-order chi connectivity index (χ0) is 17.7. The second-order valence-electron chi connectivity index (χ2n) is 5.52. The summed E-state index contributed by atoms with van der Waals surface area (Å²) in [5.41, 5.74) is 0.263. The lowest BCUT2D eigenvalue weighted by Crippen LogP contribution is -2.21. The summed E-state index contributed by atoms with van der Waals surface area (Å²) in [6.45, 7) is 1.66. The van der Waals surface area contributed by atoms with E-state index in [1.54, 1.807) is 25.1 Å². The van der Waals surface area contributed by atoms with Gasteiger partial charge in [-0.2, -0.15) is 18.4 Å². The monoisotopic (exact) mass is 332 g/mol. The van der Waals surface area contributed by atoms with Gasteiger partial charge < -0.3 is 0 Å². The van der Waals surface area contributed by atoms with Gasteiger partial charge >= 0.3 is 6.18 Å². The number of nitriles is 1. The highest BCUT2D eigenvalue weighted by atomic mass is 19.4. The lowest BCUT2D eigenvalue weighted by Gasteiger charge is -2.15. The van der Waals surface area contributed by atoms with E-state index in [-0.39, 0.29) is 12.2 Å². The number of hydrogen-bond donors (Lipinski definition) is 0. The summed E-state index contributed by atoms with van der Waals surface area (Å²) < 4.78 is 37.7. The maximum Gasteiger partial charge on any atom is 0.416 e. The SMILES string of the molecule is C[C@H](Cc1ccc(C(F)(F)F)cc1)C(=O)[C@@H](C#N)c1ccccn1. The molecule has 0 spiro atoms. The number of carbonyl (C=O) groups is 1. The highest BCUT2D eigenvalue weighted by Gasteiger charge is 2.30. The van der Waals surface area contributed by atoms with Crippen LogP contribution >= 0.6 is 0 Å². The fraction of sp³-hybridized carbons (Fsp3) is 0.278. The van der Waals surface area contributed by atoms with Crippen LogP contribution in [0.5, 0.6) is 0 Å². The van der Waals surface area contributed by atoms with Crippen molar-refractivity contribution >= 4 is 5.78 Å². The lowest BCUT2D eigenvalue weighted by molar-refractivity contribution is -0.137. The number of Topliss-reactive ketones (excluding diaryl/α,β-unsaturated/α-hetero) is 1. The van der Waals surface area contributed by atoms with Gasteiger partial charge in [0, 0.05) is 12.1 Å². The van der Waals surface area contributed by atoms with Crippen LogP contribution in [0.25, 0.3) is 0 Å². The van der Waals surface area contributed by atoms with Crippen LogP contribution in [-0.2, 0) is 17.4 Å². The van der Waals surface area contributed by atoms with E-state index in [4.69, 9.17) is 0 Å². The van der Waals surface area contributed by atoms with Crippen LogP contribution in [0, 0.1) is 17.2 Å². The fourth-order valence-electron chi connectivity index (χ4n) is 2.39. The summed E-state index contributed by atoms with van der Waals surface area (Å²) in [6.07, 6.45) is -2.61. The number of benzene rings is 1. The van der Waals surface area contributed by atoms with E-state index in [9.17, 15) is 23.2 Å². The zero-order valence-corrected chi connectivity index (χ0v) is 12.9. The van der Waals surface area contributed by atoms with Crippen molar-refractivity contribution in [3.63, 3.8) is 0 Å². The molecule has 2 rings (SSSR count). The van der Waals surface area contributed by atoms with Crippen molar-refractivity contribution < 1.29 is 18.0 Å². The van der Waals surface area contributed by atoms with Crippen LogP contribution in [0.15, 0.2) is 48.7 Å². The molecule has 6 heteroatoms. The first kappa shape index (κ1) is 17.7.